The molecule has 3 aromatic rings. The molecule has 6 nitrogen and oxygen atoms in total. The summed E-state index contributed by atoms with van der Waals surface area (Å²) >= 11 is 2.15. The van der Waals surface area contributed by atoms with Gasteiger partial charge in [0.1, 0.15) is 0 Å². The number of carbonyl (C=O) groups excluding carboxylic acids is 4. The number of fused-ring (bicyclic) bond motifs is 3. The van der Waals surface area contributed by atoms with Crippen molar-refractivity contribution in [2.24, 2.45) is 11.8 Å². The van der Waals surface area contributed by atoms with Crippen molar-refractivity contribution in [3.8, 4) is 0 Å². The van der Waals surface area contributed by atoms with Crippen molar-refractivity contribution >= 4 is 51.7 Å². The summed E-state index contributed by atoms with van der Waals surface area (Å²) in [7, 11) is 0. The van der Waals surface area contributed by atoms with Gasteiger partial charge >= 0.3 is 0 Å². The number of amides is 2. The van der Waals surface area contributed by atoms with Crippen LogP contribution in [0.4, 0.5) is 5.69 Å². The summed E-state index contributed by atoms with van der Waals surface area (Å²) in [5, 5.41) is 0. The number of hydrogen-bond acceptors (Lipinski definition) is 5. The predicted octanol–water partition coefficient (Wildman–Crippen LogP) is 4.29. The monoisotopic (exact) mass is 563 g/mol. The zero-order valence-electron chi connectivity index (χ0n) is 18.0. The Labute approximate surface area is 209 Å². The summed E-state index contributed by atoms with van der Waals surface area (Å²) in [6, 6.07) is 20.9. The van der Waals surface area contributed by atoms with E-state index in [0.29, 0.717) is 11.3 Å². The van der Waals surface area contributed by atoms with Gasteiger partial charge in [-0.3, -0.25) is 19.2 Å². The molecule has 0 radical (unpaired) electrons. The Morgan fingerprint density at radius 3 is 2.09 bits per heavy atom. The van der Waals surface area contributed by atoms with Gasteiger partial charge < -0.3 is 4.74 Å². The van der Waals surface area contributed by atoms with E-state index in [4.69, 9.17) is 4.74 Å². The quantitative estimate of drug-likeness (QED) is 0.264. The van der Waals surface area contributed by atoms with E-state index in [-0.39, 0.29) is 11.1 Å². The van der Waals surface area contributed by atoms with Crippen LogP contribution in [0.15, 0.2) is 72.8 Å². The molecule has 0 aromatic heterocycles. The molecular weight excluding hydrogens is 545 g/mol. The van der Waals surface area contributed by atoms with Gasteiger partial charge in [0.05, 0.1) is 23.6 Å². The highest BCUT2D eigenvalue weighted by molar-refractivity contribution is 14.1. The Morgan fingerprint density at radius 1 is 0.824 bits per heavy atom. The van der Waals surface area contributed by atoms with Gasteiger partial charge in [-0.15, -0.1) is 0 Å². The smallest absolute Gasteiger partial charge is 0.241 e. The maximum Gasteiger partial charge on any atom is 0.241 e. The summed E-state index contributed by atoms with van der Waals surface area (Å²) in [6.45, 7) is 1.91. The Morgan fingerprint density at radius 2 is 1.47 bits per heavy atom. The lowest BCUT2D eigenvalue weighted by atomic mass is 9.77. The molecule has 0 unspecified atom stereocenters. The Balaban J connectivity index is 1.55. The molecule has 1 aliphatic carbocycles. The largest absolute Gasteiger partial charge is 0.349 e. The van der Waals surface area contributed by atoms with E-state index in [0.717, 1.165) is 14.0 Å². The topological polar surface area (TPSA) is 80.8 Å². The fraction of sp³-hybridized carbons (Fsp3) is 0.185. The van der Waals surface area contributed by atoms with Gasteiger partial charge in [-0.2, -0.15) is 0 Å². The van der Waals surface area contributed by atoms with E-state index in [1.165, 1.54) is 0 Å². The van der Waals surface area contributed by atoms with Gasteiger partial charge in [0.25, 0.3) is 0 Å². The molecule has 0 bridgehead atoms. The van der Waals surface area contributed by atoms with E-state index in [9.17, 15) is 19.2 Å². The Hall–Kier alpha value is -3.17. The molecule has 2 saturated heterocycles. The molecular formula is C27H18INO5. The van der Waals surface area contributed by atoms with Crippen LogP contribution in [0.3, 0.4) is 0 Å². The van der Waals surface area contributed by atoms with Gasteiger partial charge in [-0.1, -0.05) is 54.1 Å². The lowest BCUT2D eigenvalue weighted by molar-refractivity contribution is -0.127. The average molecular weight is 563 g/mol. The molecule has 34 heavy (non-hydrogen) atoms. The van der Waals surface area contributed by atoms with Crippen molar-refractivity contribution in [2.75, 3.05) is 4.90 Å². The fourth-order valence-corrected chi connectivity index (χ4v) is 6.02. The third-order valence-corrected chi connectivity index (χ3v) is 7.66. The molecule has 1 spiro atoms. The summed E-state index contributed by atoms with van der Waals surface area (Å²) in [6.07, 6.45) is -0.908. The van der Waals surface area contributed by atoms with Crippen LogP contribution in [0.5, 0.6) is 0 Å². The maximum atomic E-state index is 13.8. The SMILES string of the molecule is Cc1ccc(N2C(=O)[C@@H]3[C@@H](C2=O)C2(O[C@H]3c3cccc(I)c3)C(=O)c3ccccc3C2=O)cc1. The van der Waals surface area contributed by atoms with E-state index >= 15 is 0 Å². The summed E-state index contributed by atoms with van der Waals surface area (Å²) in [4.78, 5) is 56.2. The third kappa shape index (κ3) is 2.71. The molecule has 6 rings (SSSR count). The highest BCUT2D eigenvalue weighted by Crippen LogP contribution is 2.57. The van der Waals surface area contributed by atoms with Crippen LogP contribution in [0.25, 0.3) is 0 Å². The highest BCUT2D eigenvalue weighted by Gasteiger charge is 2.74. The highest BCUT2D eigenvalue weighted by atomic mass is 127. The first-order valence-electron chi connectivity index (χ1n) is 10.9. The number of anilines is 1. The van der Waals surface area contributed by atoms with E-state index in [1.54, 1.807) is 42.5 Å². The number of nitrogens with zero attached hydrogens (tertiary/aromatic N) is 1. The first kappa shape index (κ1) is 21.4. The van der Waals surface area contributed by atoms with Crippen LogP contribution < -0.4 is 4.90 Å². The molecule has 168 valence electrons. The van der Waals surface area contributed by atoms with Gasteiger partial charge in [-0.25, -0.2) is 4.90 Å². The van der Waals surface area contributed by atoms with Gasteiger partial charge in [-0.05, 0) is 59.3 Å². The zero-order valence-corrected chi connectivity index (χ0v) is 20.2. The second-order valence-corrected chi connectivity index (χ2v) is 10.1. The van der Waals surface area contributed by atoms with Crippen LogP contribution in [0.2, 0.25) is 0 Å². The number of benzene rings is 3. The molecule has 0 saturated carbocycles. The minimum absolute atomic E-state index is 0.226. The second kappa shape index (κ2) is 7.41. The van der Waals surface area contributed by atoms with E-state index < -0.39 is 46.9 Å². The van der Waals surface area contributed by atoms with Gasteiger partial charge in [0.2, 0.25) is 29.0 Å². The second-order valence-electron chi connectivity index (χ2n) is 8.88. The first-order valence-corrected chi connectivity index (χ1v) is 12.0. The van der Waals surface area contributed by atoms with Crippen molar-refractivity contribution < 1.29 is 23.9 Å². The number of halogens is 1. The Kier molecular flexibility index (Phi) is 4.66. The van der Waals surface area contributed by atoms with E-state index in [1.807, 2.05) is 37.3 Å². The van der Waals surface area contributed by atoms with Crippen molar-refractivity contribution in [3.63, 3.8) is 0 Å². The van der Waals surface area contributed by atoms with Crippen molar-refractivity contribution in [3.05, 3.63) is 98.6 Å². The van der Waals surface area contributed by atoms with Crippen molar-refractivity contribution in [1.29, 1.82) is 0 Å². The third-order valence-electron chi connectivity index (χ3n) is 6.99. The number of carbonyl (C=O) groups is 4. The van der Waals surface area contributed by atoms with Crippen molar-refractivity contribution in [2.45, 2.75) is 18.6 Å². The normalized spacial score (nSPS) is 24.8. The molecule has 2 fully saturated rings. The van der Waals surface area contributed by atoms with Crippen LogP contribution in [-0.2, 0) is 14.3 Å². The van der Waals surface area contributed by atoms with Crippen LogP contribution in [0.1, 0.15) is 37.9 Å². The van der Waals surface area contributed by atoms with Crippen LogP contribution >= 0.6 is 22.6 Å². The number of rotatable bonds is 2. The van der Waals surface area contributed by atoms with Crippen LogP contribution in [-0.4, -0.2) is 29.0 Å². The maximum absolute atomic E-state index is 13.8. The van der Waals surface area contributed by atoms with Crippen LogP contribution in [0, 0.1) is 22.3 Å². The minimum Gasteiger partial charge on any atom is -0.349 e. The zero-order chi connectivity index (χ0) is 23.8. The standard InChI is InChI=1S/C27H18INO5/c1-14-9-11-17(12-10-14)29-25(32)20-21(26(29)33)27(34-22(20)15-5-4-6-16(28)13-15)23(30)18-7-2-3-8-19(18)24(27)31/h2-13,20-22H,1H3/t20-,21+,22+/m1/s1. The van der Waals surface area contributed by atoms with E-state index in [2.05, 4.69) is 22.6 Å². The predicted molar refractivity (Wildman–Crippen MR) is 131 cm³/mol. The average Bonchev–Trinajstić information content (AvgIpc) is 3.40. The molecule has 2 amide bonds. The van der Waals surface area contributed by atoms with Crippen molar-refractivity contribution in [1.82, 2.24) is 0 Å². The molecule has 2 aliphatic heterocycles. The number of ketones is 2. The number of Topliss-reactive ketones (excluding diaryl/α,β-unsaturated/α-hetero) is 2. The molecule has 2 heterocycles. The molecule has 3 aromatic carbocycles. The number of imide groups is 1. The summed E-state index contributed by atoms with van der Waals surface area (Å²) in [5.74, 6) is -4.38. The molecule has 3 atom stereocenters. The number of aryl methyl sites for hydroxylation is 1. The van der Waals surface area contributed by atoms with Gasteiger partial charge in [0, 0.05) is 14.7 Å². The lowest BCUT2D eigenvalue weighted by Crippen LogP contribution is -2.51. The van der Waals surface area contributed by atoms with Gasteiger partial charge in [0.15, 0.2) is 0 Å². The lowest BCUT2D eigenvalue weighted by Gasteiger charge is -2.27. The molecule has 3 aliphatic rings. The first-order chi connectivity index (χ1) is 16.3. The number of ether oxygens (including phenoxy) is 1. The molecule has 7 heteroatoms. The molecule has 0 N–H and O–H groups in total. The fourth-order valence-electron chi connectivity index (χ4n) is 5.45. The summed E-state index contributed by atoms with van der Waals surface area (Å²) in [5.41, 5.74) is 0.458. The minimum atomic E-state index is -2.05. The Bertz CT molecular complexity index is 1380. The number of hydrogen-bond donors (Lipinski definition) is 0. The summed E-state index contributed by atoms with van der Waals surface area (Å²) < 4.78 is 7.21.